The second-order valence-corrected chi connectivity index (χ2v) is 4.62. The van der Waals surface area contributed by atoms with Crippen LogP contribution in [0.25, 0.3) is 11.0 Å². The van der Waals surface area contributed by atoms with E-state index in [1.807, 2.05) is 12.1 Å². The summed E-state index contributed by atoms with van der Waals surface area (Å²) in [4.78, 5) is 19.8. The molecule has 3 aromatic rings. The highest BCUT2D eigenvalue weighted by molar-refractivity contribution is 5.79. The number of carbonyl (C=O) groups is 1. The van der Waals surface area contributed by atoms with Gasteiger partial charge in [0, 0.05) is 24.5 Å². The molecule has 0 aromatic carbocycles. The van der Waals surface area contributed by atoms with E-state index in [0.29, 0.717) is 25.2 Å². The molecule has 0 unspecified atom stereocenters. The van der Waals surface area contributed by atoms with E-state index < -0.39 is 0 Å². The zero-order valence-corrected chi connectivity index (χ0v) is 11.4. The van der Waals surface area contributed by atoms with Gasteiger partial charge in [0.05, 0.1) is 12.2 Å². The van der Waals surface area contributed by atoms with Crippen LogP contribution in [0.1, 0.15) is 18.5 Å². The van der Waals surface area contributed by atoms with E-state index in [1.165, 1.54) is 6.33 Å². The van der Waals surface area contributed by atoms with E-state index in [2.05, 4.69) is 30.6 Å². The highest BCUT2D eigenvalue weighted by Crippen LogP contribution is 2.12. The smallest absolute Gasteiger partial charge is 0.220 e. The summed E-state index contributed by atoms with van der Waals surface area (Å²) in [6.07, 6.45) is 5.99. The maximum atomic E-state index is 11.8. The van der Waals surface area contributed by atoms with E-state index in [-0.39, 0.29) is 5.91 Å². The van der Waals surface area contributed by atoms with E-state index in [9.17, 15) is 4.79 Å². The molecule has 3 heterocycles. The van der Waals surface area contributed by atoms with Crippen molar-refractivity contribution >= 4 is 16.9 Å². The largest absolute Gasteiger partial charge is 0.350 e. The number of pyridine rings is 1. The Balaban J connectivity index is 1.47. The van der Waals surface area contributed by atoms with Gasteiger partial charge >= 0.3 is 0 Å². The van der Waals surface area contributed by atoms with Crippen LogP contribution in [-0.4, -0.2) is 35.9 Å². The molecular formula is C13H15N7O. The summed E-state index contributed by atoms with van der Waals surface area (Å²) in [5, 5.41) is 14.8. The van der Waals surface area contributed by atoms with E-state index >= 15 is 0 Å². The summed E-state index contributed by atoms with van der Waals surface area (Å²) in [5.41, 5.74) is 1.52. The van der Waals surface area contributed by atoms with Crippen LogP contribution in [0.5, 0.6) is 0 Å². The summed E-state index contributed by atoms with van der Waals surface area (Å²) in [5.74, 6) is 0.00163. The molecule has 2 N–H and O–H groups in total. The molecule has 0 fully saturated rings. The minimum Gasteiger partial charge on any atom is -0.350 e. The standard InChI is InChI=1S/C13H15N7O/c21-12(4-2-6-20-9-14-8-17-20)16-7-11-10-3-1-5-15-13(10)19-18-11/h1,3,5,8-9H,2,4,6-7H2,(H,16,21)(H,15,18,19). The maximum Gasteiger partial charge on any atom is 0.220 e. The van der Waals surface area contributed by atoms with Gasteiger partial charge in [-0.25, -0.2) is 9.97 Å². The predicted molar refractivity (Wildman–Crippen MR) is 75.0 cm³/mol. The van der Waals surface area contributed by atoms with Crippen LogP contribution < -0.4 is 5.32 Å². The highest BCUT2D eigenvalue weighted by atomic mass is 16.1. The molecule has 8 nitrogen and oxygen atoms in total. The van der Waals surface area contributed by atoms with Gasteiger partial charge in [-0.15, -0.1) is 0 Å². The lowest BCUT2D eigenvalue weighted by Crippen LogP contribution is -2.23. The van der Waals surface area contributed by atoms with E-state index in [4.69, 9.17) is 0 Å². The Hall–Kier alpha value is -2.77. The van der Waals surface area contributed by atoms with Crippen LogP contribution in [-0.2, 0) is 17.9 Å². The summed E-state index contributed by atoms with van der Waals surface area (Å²) >= 11 is 0. The number of fused-ring (bicyclic) bond motifs is 1. The van der Waals surface area contributed by atoms with Gasteiger partial charge in [0.25, 0.3) is 0 Å². The van der Waals surface area contributed by atoms with E-state index in [1.54, 1.807) is 17.2 Å². The van der Waals surface area contributed by atoms with Crippen LogP contribution in [0.2, 0.25) is 0 Å². The van der Waals surface area contributed by atoms with Gasteiger partial charge in [-0.05, 0) is 18.6 Å². The SMILES string of the molecule is O=C(CCCn1cncn1)NCc1[nH]nc2ncccc12. The Morgan fingerprint density at radius 3 is 3.24 bits per heavy atom. The van der Waals surface area contributed by atoms with Crippen molar-refractivity contribution in [3.63, 3.8) is 0 Å². The molecule has 0 bridgehead atoms. The number of hydrogen-bond acceptors (Lipinski definition) is 5. The Kier molecular flexibility index (Phi) is 3.85. The van der Waals surface area contributed by atoms with Gasteiger partial charge in [0.15, 0.2) is 5.65 Å². The highest BCUT2D eigenvalue weighted by Gasteiger charge is 2.07. The zero-order valence-electron chi connectivity index (χ0n) is 11.4. The van der Waals surface area contributed by atoms with Crippen molar-refractivity contribution in [2.45, 2.75) is 25.9 Å². The lowest BCUT2D eigenvalue weighted by molar-refractivity contribution is -0.121. The summed E-state index contributed by atoms with van der Waals surface area (Å²) in [6, 6.07) is 3.78. The molecule has 0 aliphatic carbocycles. The van der Waals surface area contributed by atoms with Crippen molar-refractivity contribution in [3.05, 3.63) is 36.7 Å². The maximum absolute atomic E-state index is 11.8. The van der Waals surface area contributed by atoms with Crippen molar-refractivity contribution in [1.29, 1.82) is 0 Å². The number of carbonyl (C=O) groups excluding carboxylic acids is 1. The topological polar surface area (TPSA) is 101 Å². The minimum atomic E-state index is 0.00163. The number of aromatic amines is 1. The second kappa shape index (κ2) is 6.12. The van der Waals surface area contributed by atoms with Crippen LogP contribution in [0, 0.1) is 0 Å². The molecule has 8 heteroatoms. The van der Waals surface area contributed by atoms with Crippen molar-refractivity contribution in [2.24, 2.45) is 0 Å². The molecule has 0 aliphatic rings. The first-order valence-electron chi connectivity index (χ1n) is 6.70. The molecular weight excluding hydrogens is 270 g/mol. The molecule has 0 saturated carbocycles. The number of nitrogens with one attached hydrogen (secondary N) is 2. The number of rotatable bonds is 6. The van der Waals surface area contributed by atoms with Gasteiger partial charge in [0.2, 0.25) is 5.91 Å². The summed E-state index contributed by atoms with van der Waals surface area (Å²) in [7, 11) is 0. The van der Waals surface area contributed by atoms with Crippen LogP contribution in [0.3, 0.4) is 0 Å². The molecule has 108 valence electrons. The lowest BCUT2D eigenvalue weighted by Gasteiger charge is -2.04. The van der Waals surface area contributed by atoms with Gasteiger partial charge < -0.3 is 5.32 Å². The third-order valence-corrected chi connectivity index (χ3v) is 3.13. The molecule has 0 radical (unpaired) electrons. The van der Waals surface area contributed by atoms with Crippen molar-refractivity contribution in [3.8, 4) is 0 Å². The monoisotopic (exact) mass is 285 g/mol. The molecule has 1 amide bonds. The van der Waals surface area contributed by atoms with Crippen molar-refractivity contribution in [1.82, 2.24) is 35.3 Å². The fourth-order valence-corrected chi connectivity index (χ4v) is 2.06. The number of aryl methyl sites for hydroxylation is 1. The Bertz CT molecular complexity index is 719. The Morgan fingerprint density at radius 2 is 2.38 bits per heavy atom. The fraction of sp³-hybridized carbons (Fsp3) is 0.308. The molecule has 21 heavy (non-hydrogen) atoms. The lowest BCUT2D eigenvalue weighted by atomic mass is 10.2. The third kappa shape index (κ3) is 3.22. The van der Waals surface area contributed by atoms with Crippen LogP contribution >= 0.6 is 0 Å². The first-order valence-corrected chi connectivity index (χ1v) is 6.70. The molecule has 0 saturated heterocycles. The average Bonchev–Trinajstić information content (AvgIpc) is 3.14. The van der Waals surface area contributed by atoms with Gasteiger partial charge in [-0.3, -0.25) is 14.6 Å². The molecule has 0 aliphatic heterocycles. The van der Waals surface area contributed by atoms with Gasteiger partial charge in [0.1, 0.15) is 12.7 Å². The first-order chi connectivity index (χ1) is 10.3. The number of amides is 1. The molecule has 0 spiro atoms. The predicted octanol–water partition coefficient (Wildman–Crippen LogP) is 0.646. The second-order valence-electron chi connectivity index (χ2n) is 4.62. The average molecular weight is 285 g/mol. The molecule has 3 rings (SSSR count). The van der Waals surface area contributed by atoms with E-state index in [0.717, 1.165) is 17.5 Å². The number of hydrogen-bond donors (Lipinski definition) is 2. The molecule has 0 atom stereocenters. The van der Waals surface area contributed by atoms with Crippen molar-refractivity contribution in [2.75, 3.05) is 0 Å². The third-order valence-electron chi connectivity index (χ3n) is 3.13. The quantitative estimate of drug-likeness (QED) is 0.692. The van der Waals surface area contributed by atoms with Crippen molar-refractivity contribution < 1.29 is 4.79 Å². The van der Waals surface area contributed by atoms with Gasteiger partial charge in [-0.1, -0.05) is 0 Å². The minimum absolute atomic E-state index is 0.00163. The normalized spacial score (nSPS) is 10.9. The van der Waals surface area contributed by atoms with Crippen LogP contribution in [0.15, 0.2) is 31.0 Å². The fourth-order valence-electron chi connectivity index (χ4n) is 2.06. The Labute approximate surface area is 120 Å². The number of aromatic nitrogens is 6. The summed E-state index contributed by atoms with van der Waals surface area (Å²) in [6.45, 7) is 1.11. The summed E-state index contributed by atoms with van der Waals surface area (Å²) < 4.78 is 1.71. The van der Waals surface area contributed by atoms with Gasteiger partial charge in [-0.2, -0.15) is 10.2 Å². The number of H-pyrrole nitrogens is 1. The van der Waals surface area contributed by atoms with Crippen LogP contribution in [0.4, 0.5) is 0 Å². The number of nitrogens with zero attached hydrogens (tertiary/aromatic N) is 5. The molecule has 3 aromatic heterocycles. The Morgan fingerprint density at radius 1 is 1.43 bits per heavy atom. The zero-order chi connectivity index (χ0) is 14.5. The first kappa shape index (κ1) is 13.2.